The molecule has 2 aromatic carbocycles. The van der Waals surface area contributed by atoms with E-state index in [0.29, 0.717) is 13.1 Å². The van der Waals surface area contributed by atoms with Gasteiger partial charge in [-0.2, -0.15) is 0 Å². The molecule has 1 heterocycles. The standard InChI is InChI=1S/C20H24N2O2/c1-2-22(17-9-4-3-5-10-17)20(24)14-21-13-12-16-8-6-7-11-18(16)19(21)15-23/h3-11,19,23H,2,12-15H2,1H3. The molecule has 0 aromatic heterocycles. The van der Waals surface area contributed by atoms with E-state index in [0.717, 1.165) is 24.2 Å². The number of aliphatic hydroxyl groups is 1. The van der Waals surface area contributed by atoms with E-state index >= 15 is 0 Å². The van der Waals surface area contributed by atoms with Crippen LogP contribution in [0.15, 0.2) is 54.6 Å². The van der Waals surface area contributed by atoms with Gasteiger partial charge in [0.1, 0.15) is 0 Å². The summed E-state index contributed by atoms with van der Waals surface area (Å²) in [7, 11) is 0. The maximum absolute atomic E-state index is 12.8. The van der Waals surface area contributed by atoms with Gasteiger partial charge in [-0.05, 0) is 36.6 Å². The van der Waals surface area contributed by atoms with E-state index in [-0.39, 0.29) is 18.6 Å². The average molecular weight is 324 g/mol. The number of likely N-dealkylation sites (N-methyl/N-ethyl adjacent to an activating group) is 1. The van der Waals surface area contributed by atoms with E-state index in [2.05, 4.69) is 17.0 Å². The normalized spacial score (nSPS) is 17.3. The molecule has 0 radical (unpaired) electrons. The number of para-hydroxylation sites is 1. The van der Waals surface area contributed by atoms with Crippen LogP contribution in [0.4, 0.5) is 5.69 Å². The Labute approximate surface area is 143 Å². The lowest BCUT2D eigenvalue weighted by atomic mass is 9.93. The summed E-state index contributed by atoms with van der Waals surface area (Å²) < 4.78 is 0. The van der Waals surface area contributed by atoms with Crippen molar-refractivity contribution >= 4 is 11.6 Å². The molecule has 4 nitrogen and oxygen atoms in total. The van der Waals surface area contributed by atoms with Crippen molar-refractivity contribution in [3.63, 3.8) is 0 Å². The summed E-state index contributed by atoms with van der Waals surface area (Å²) in [6.07, 6.45) is 0.914. The molecule has 1 atom stereocenters. The van der Waals surface area contributed by atoms with Crippen molar-refractivity contribution in [1.29, 1.82) is 0 Å². The number of carbonyl (C=O) groups excluding carboxylic acids is 1. The van der Waals surface area contributed by atoms with Gasteiger partial charge in [0.2, 0.25) is 5.91 Å². The summed E-state index contributed by atoms with van der Waals surface area (Å²) in [6, 6.07) is 17.8. The number of nitrogens with zero attached hydrogens (tertiary/aromatic N) is 2. The monoisotopic (exact) mass is 324 g/mol. The number of benzene rings is 2. The quantitative estimate of drug-likeness (QED) is 0.919. The molecule has 0 spiro atoms. The summed E-state index contributed by atoms with van der Waals surface area (Å²) >= 11 is 0. The summed E-state index contributed by atoms with van der Waals surface area (Å²) in [5.41, 5.74) is 3.33. The molecule has 1 amide bonds. The Morgan fingerprint density at radius 2 is 1.88 bits per heavy atom. The second-order valence-corrected chi connectivity index (χ2v) is 6.09. The van der Waals surface area contributed by atoms with Crippen molar-refractivity contribution < 1.29 is 9.90 Å². The third kappa shape index (κ3) is 3.35. The van der Waals surface area contributed by atoms with E-state index in [1.165, 1.54) is 5.56 Å². The number of carbonyl (C=O) groups is 1. The van der Waals surface area contributed by atoms with Crippen LogP contribution in [0.5, 0.6) is 0 Å². The SMILES string of the molecule is CCN(C(=O)CN1CCc2ccccc2C1CO)c1ccccc1. The lowest BCUT2D eigenvalue weighted by molar-refractivity contribution is -0.120. The highest BCUT2D eigenvalue weighted by Gasteiger charge is 2.29. The van der Waals surface area contributed by atoms with Crippen molar-refractivity contribution in [1.82, 2.24) is 4.90 Å². The molecule has 24 heavy (non-hydrogen) atoms. The number of hydrogen-bond donors (Lipinski definition) is 1. The van der Waals surface area contributed by atoms with Crippen LogP contribution in [0.25, 0.3) is 0 Å². The average Bonchev–Trinajstić information content (AvgIpc) is 2.63. The maximum atomic E-state index is 12.8. The molecule has 1 N–H and O–H groups in total. The first-order valence-corrected chi connectivity index (χ1v) is 8.52. The van der Waals surface area contributed by atoms with Crippen molar-refractivity contribution in [3.8, 4) is 0 Å². The van der Waals surface area contributed by atoms with Gasteiger partial charge in [-0.1, -0.05) is 42.5 Å². The Kier molecular flexibility index (Phi) is 5.28. The van der Waals surface area contributed by atoms with Crippen LogP contribution in [0.3, 0.4) is 0 Å². The molecule has 0 aliphatic carbocycles. The molecule has 1 aliphatic heterocycles. The minimum Gasteiger partial charge on any atom is -0.394 e. The van der Waals surface area contributed by atoms with Crippen LogP contribution < -0.4 is 4.90 Å². The van der Waals surface area contributed by atoms with Crippen LogP contribution in [0, 0.1) is 0 Å². The molecular formula is C20H24N2O2. The van der Waals surface area contributed by atoms with Crippen LogP contribution in [0.1, 0.15) is 24.1 Å². The van der Waals surface area contributed by atoms with Crippen LogP contribution in [-0.4, -0.2) is 42.2 Å². The molecule has 0 fully saturated rings. The molecule has 1 unspecified atom stereocenters. The van der Waals surface area contributed by atoms with Gasteiger partial charge in [0, 0.05) is 18.8 Å². The second kappa shape index (κ2) is 7.60. The number of aliphatic hydroxyl groups excluding tert-OH is 1. The molecule has 2 aromatic rings. The lowest BCUT2D eigenvalue weighted by Crippen LogP contribution is -2.45. The van der Waals surface area contributed by atoms with E-state index in [1.54, 1.807) is 4.90 Å². The summed E-state index contributed by atoms with van der Waals surface area (Å²) in [5, 5.41) is 9.87. The van der Waals surface area contributed by atoms with Gasteiger partial charge in [-0.3, -0.25) is 9.69 Å². The smallest absolute Gasteiger partial charge is 0.241 e. The topological polar surface area (TPSA) is 43.8 Å². The van der Waals surface area contributed by atoms with Gasteiger partial charge in [0.15, 0.2) is 0 Å². The van der Waals surface area contributed by atoms with Gasteiger partial charge in [0.25, 0.3) is 0 Å². The highest BCUT2D eigenvalue weighted by Crippen LogP contribution is 2.29. The Morgan fingerprint density at radius 1 is 1.17 bits per heavy atom. The molecule has 0 saturated carbocycles. The Bertz CT molecular complexity index is 687. The predicted octanol–water partition coefficient (Wildman–Crippen LogP) is 2.63. The molecule has 126 valence electrons. The van der Waals surface area contributed by atoms with Crippen molar-refractivity contribution in [2.75, 3.05) is 31.1 Å². The Balaban J connectivity index is 1.76. The highest BCUT2D eigenvalue weighted by molar-refractivity contribution is 5.94. The molecule has 1 aliphatic rings. The third-order valence-corrected chi connectivity index (χ3v) is 4.72. The minimum atomic E-state index is -0.103. The van der Waals surface area contributed by atoms with Crippen molar-refractivity contribution in [2.45, 2.75) is 19.4 Å². The van der Waals surface area contributed by atoms with Crippen LogP contribution in [-0.2, 0) is 11.2 Å². The summed E-state index contributed by atoms with van der Waals surface area (Å²) in [6.45, 7) is 3.77. The molecule has 3 rings (SSSR count). The summed E-state index contributed by atoms with van der Waals surface area (Å²) in [4.78, 5) is 16.7. The van der Waals surface area contributed by atoms with Gasteiger partial charge < -0.3 is 10.0 Å². The first kappa shape index (κ1) is 16.7. The highest BCUT2D eigenvalue weighted by atomic mass is 16.3. The Morgan fingerprint density at radius 3 is 2.58 bits per heavy atom. The number of fused-ring (bicyclic) bond motifs is 1. The van der Waals surface area contributed by atoms with E-state index in [9.17, 15) is 9.90 Å². The number of hydrogen-bond acceptors (Lipinski definition) is 3. The fourth-order valence-electron chi connectivity index (χ4n) is 3.48. The zero-order chi connectivity index (χ0) is 16.9. The Hall–Kier alpha value is -2.17. The van der Waals surface area contributed by atoms with Gasteiger partial charge in [-0.25, -0.2) is 0 Å². The summed E-state index contributed by atoms with van der Waals surface area (Å²) in [5.74, 6) is 0.0709. The van der Waals surface area contributed by atoms with Crippen molar-refractivity contribution in [2.24, 2.45) is 0 Å². The fraction of sp³-hybridized carbons (Fsp3) is 0.350. The number of amides is 1. The molecule has 4 heteroatoms. The van der Waals surface area contributed by atoms with Gasteiger partial charge in [0.05, 0.1) is 19.2 Å². The van der Waals surface area contributed by atoms with Crippen molar-refractivity contribution in [3.05, 3.63) is 65.7 Å². The number of anilines is 1. The zero-order valence-corrected chi connectivity index (χ0v) is 14.1. The second-order valence-electron chi connectivity index (χ2n) is 6.09. The largest absolute Gasteiger partial charge is 0.394 e. The molecule has 0 saturated heterocycles. The first-order valence-electron chi connectivity index (χ1n) is 8.52. The predicted molar refractivity (Wildman–Crippen MR) is 96.0 cm³/mol. The van der Waals surface area contributed by atoms with Gasteiger partial charge in [-0.15, -0.1) is 0 Å². The third-order valence-electron chi connectivity index (χ3n) is 4.72. The lowest BCUT2D eigenvalue weighted by Gasteiger charge is -2.37. The minimum absolute atomic E-state index is 0.0295. The van der Waals surface area contributed by atoms with E-state index in [4.69, 9.17) is 0 Å². The zero-order valence-electron chi connectivity index (χ0n) is 14.1. The van der Waals surface area contributed by atoms with Gasteiger partial charge >= 0.3 is 0 Å². The van der Waals surface area contributed by atoms with Crippen LogP contribution in [0.2, 0.25) is 0 Å². The maximum Gasteiger partial charge on any atom is 0.241 e. The van der Waals surface area contributed by atoms with E-state index < -0.39 is 0 Å². The molecular weight excluding hydrogens is 300 g/mol. The first-order chi connectivity index (χ1) is 11.7. The van der Waals surface area contributed by atoms with E-state index in [1.807, 2.05) is 49.4 Å². The molecule has 0 bridgehead atoms. The number of rotatable bonds is 5. The fourth-order valence-corrected chi connectivity index (χ4v) is 3.48. The van der Waals surface area contributed by atoms with Crippen LogP contribution >= 0.6 is 0 Å².